The predicted molar refractivity (Wildman–Crippen MR) is 64.9 cm³/mol. The molecule has 0 aromatic carbocycles. The first kappa shape index (κ1) is 11.9. The fourth-order valence-electron chi connectivity index (χ4n) is 3.13. The highest BCUT2D eigenvalue weighted by Gasteiger charge is 2.31. The van der Waals surface area contributed by atoms with Gasteiger partial charge in [0, 0.05) is 12.1 Å². The van der Waals surface area contributed by atoms with Crippen LogP contribution in [0.2, 0.25) is 0 Å². The molecule has 0 radical (unpaired) electrons. The second-order valence-corrected chi connectivity index (χ2v) is 5.58. The second-order valence-electron chi connectivity index (χ2n) is 5.58. The molecule has 0 saturated heterocycles. The summed E-state index contributed by atoms with van der Waals surface area (Å²) in [6.45, 7) is 2.23. The largest absolute Gasteiger partial charge is 0.353 e. The normalized spacial score (nSPS) is 39.6. The summed E-state index contributed by atoms with van der Waals surface area (Å²) in [5.41, 5.74) is 6.03. The van der Waals surface area contributed by atoms with Crippen LogP contribution in [0.5, 0.6) is 0 Å². The Morgan fingerprint density at radius 3 is 2.50 bits per heavy atom. The van der Waals surface area contributed by atoms with Gasteiger partial charge in [0.15, 0.2) is 0 Å². The van der Waals surface area contributed by atoms with Crippen LogP contribution in [0, 0.1) is 11.8 Å². The summed E-state index contributed by atoms with van der Waals surface area (Å²) in [5, 5.41) is 3.21. The molecule has 2 rings (SSSR count). The van der Waals surface area contributed by atoms with E-state index in [2.05, 4.69) is 12.2 Å². The summed E-state index contributed by atoms with van der Waals surface area (Å²) in [7, 11) is 0. The van der Waals surface area contributed by atoms with E-state index in [1.165, 1.54) is 19.3 Å². The van der Waals surface area contributed by atoms with Gasteiger partial charge in [-0.25, -0.2) is 0 Å². The predicted octanol–water partition coefficient (Wildman–Crippen LogP) is 1.81. The van der Waals surface area contributed by atoms with E-state index in [0.29, 0.717) is 12.0 Å². The molecule has 0 aromatic heterocycles. The van der Waals surface area contributed by atoms with Gasteiger partial charge in [-0.15, -0.1) is 0 Å². The molecule has 0 aromatic rings. The van der Waals surface area contributed by atoms with E-state index in [4.69, 9.17) is 5.73 Å². The minimum absolute atomic E-state index is 0.0709. The fourth-order valence-corrected chi connectivity index (χ4v) is 3.13. The SMILES string of the molecule is CC1CCCC1NC(=O)C1CCCCC1N. The zero-order chi connectivity index (χ0) is 11.5. The van der Waals surface area contributed by atoms with Crippen molar-refractivity contribution in [3.8, 4) is 0 Å². The van der Waals surface area contributed by atoms with E-state index in [1.54, 1.807) is 0 Å². The number of carbonyl (C=O) groups is 1. The Hall–Kier alpha value is -0.570. The quantitative estimate of drug-likeness (QED) is 0.751. The first-order valence-corrected chi connectivity index (χ1v) is 6.74. The molecule has 3 N–H and O–H groups in total. The van der Waals surface area contributed by atoms with Crippen molar-refractivity contribution in [1.82, 2.24) is 5.32 Å². The van der Waals surface area contributed by atoms with Crippen LogP contribution in [0.25, 0.3) is 0 Å². The van der Waals surface area contributed by atoms with Crippen molar-refractivity contribution in [2.24, 2.45) is 17.6 Å². The van der Waals surface area contributed by atoms with Gasteiger partial charge in [-0.1, -0.05) is 26.2 Å². The van der Waals surface area contributed by atoms with Crippen LogP contribution in [-0.4, -0.2) is 18.0 Å². The third kappa shape index (κ3) is 2.57. The van der Waals surface area contributed by atoms with E-state index in [-0.39, 0.29) is 17.9 Å². The molecule has 1 amide bonds. The van der Waals surface area contributed by atoms with Gasteiger partial charge in [-0.05, 0) is 31.6 Å². The minimum Gasteiger partial charge on any atom is -0.353 e. The van der Waals surface area contributed by atoms with Crippen molar-refractivity contribution in [1.29, 1.82) is 0 Å². The minimum atomic E-state index is 0.0709. The van der Waals surface area contributed by atoms with Crippen molar-refractivity contribution in [2.75, 3.05) is 0 Å². The Morgan fingerprint density at radius 2 is 1.88 bits per heavy atom. The van der Waals surface area contributed by atoms with E-state index in [0.717, 1.165) is 25.7 Å². The number of nitrogens with one attached hydrogen (secondary N) is 1. The molecular weight excluding hydrogens is 200 g/mol. The molecule has 16 heavy (non-hydrogen) atoms. The van der Waals surface area contributed by atoms with Gasteiger partial charge in [0.2, 0.25) is 5.91 Å². The molecule has 4 atom stereocenters. The molecule has 0 heterocycles. The molecule has 3 heteroatoms. The molecule has 2 saturated carbocycles. The lowest BCUT2D eigenvalue weighted by Gasteiger charge is -2.29. The van der Waals surface area contributed by atoms with Crippen molar-refractivity contribution in [3.05, 3.63) is 0 Å². The smallest absolute Gasteiger partial charge is 0.224 e. The summed E-state index contributed by atoms with van der Waals surface area (Å²) in [4.78, 5) is 12.1. The van der Waals surface area contributed by atoms with Crippen LogP contribution < -0.4 is 11.1 Å². The summed E-state index contributed by atoms with van der Waals surface area (Å²) < 4.78 is 0. The highest BCUT2D eigenvalue weighted by Crippen LogP contribution is 2.27. The van der Waals surface area contributed by atoms with Crippen molar-refractivity contribution < 1.29 is 4.79 Å². The maximum Gasteiger partial charge on any atom is 0.224 e. The van der Waals surface area contributed by atoms with Crippen LogP contribution in [-0.2, 0) is 4.79 Å². The van der Waals surface area contributed by atoms with Crippen LogP contribution in [0.3, 0.4) is 0 Å². The first-order chi connectivity index (χ1) is 7.68. The number of amides is 1. The fraction of sp³-hybridized carbons (Fsp3) is 0.923. The van der Waals surface area contributed by atoms with Gasteiger partial charge >= 0.3 is 0 Å². The summed E-state index contributed by atoms with van der Waals surface area (Å²) in [6, 6.07) is 0.493. The van der Waals surface area contributed by atoms with Crippen molar-refractivity contribution in [2.45, 2.75) is 64.0 Å². The van der Waals surface area contributed by atoms with Crippen molar-refractivity contribution in [3.63, 3.8) is 0 Å². The Morgan fingerprint density at radius 1 is 1.12 bits per heavy atom. The molecule has 0 aliphatic heterocycles. The summed E-state index contributed by atoms with van der Waals surface area (Å²) in [5.74, 6) is 0.927. The maximum atomic E-state index is 12.1. The lowest BCUT2D eigenvalue weighted by Crippen LogP contribution is -2.47. The number of hydrogen-bond acceptors (Lipinski definition) is 2. The highest BCUT2D eigenvalue weighted by atomic mass is 16.2. The maximum absolute atomic E-state index is 12.1. The van der Waals surface area contributed by atoms with Gasteiger partial charge in [0.25, 0.3) is 0 Å². The molecule has 0 spiro atoms. The van der Waals surface area contributed by atoms with Crippen LogP contribution in [0.15, 0.2) is 0 Å². The summed E-state index contributed by atoms with van der Waals surface area (Å²) >= 11 is 0. The number of carbonyl (C=O) groups excluding carboxylic acids is 1. The molecule has 2 aliphatic carbocycles. The molecular formula is C13H24N2O. The Labute approximate surface area is 98.2 Å². The number of hydrogen-bond donors (Lipinski definition) is 2. The van der Waals surface area contributed by atoms with Gasteiger partial charge in [0.1, 0.15) is 0 Å². The highest BCUT2D eigenvalue weighted by molar-refractivity contribution is 5.79. The number of rotatable bonds is 2. The van der Waals surface area contributed by atoms with E-state index < -0.39 is 0 Å². The molecule has 92 valence electrons. The van der Waals surface area contributed by atoms with Gasteiger partial charge in [-0.2, -0.15) is 0 Å². The summed E-state index contributed by atoms with van der Waals surface area (Å²) in [6.07, 6.45) is 7.99. The molecule has 3 nitrogen and oxygen atoms in total. The number of nitrogens with two attached hydrogens (primary N) is 1. The van der Waals surface area contributed by atoms with Crippen LogP contribution >= 0.6 is 0 Å². The molecule has 4 unspecified atom stereocenters. The van der Waals surface area contributed by atoms with Crippen LogP contribution in [0.4, 0.5) is 0 Å². The lowest BCUT2D eigenvalue weighted by atomic mass is 9.84. The van der Waals surface area contributed by atoms with E-state index in [1.807, 2.05) is 0 Å². The molecule has 2 fully saturated rings. The third-order valence-electron chi connectivity index (χ3n) is 4.35. The zero-order valence-electron chi connectivity index (χ0n) is 10.2. The monoisotopic (exact) mass is 224 g/mol. The Balaban J connectivity index is 1.86. The van der Waals surface area contributed by atoms with Gasteiger partial charge in [-0.3, -0.25) is 4.79 Å². The molecule has 2 aliphatic rings. The standard InChI is InChI=1S/C13H24N2O/c1-9-5-4-8-12(9)15-13(16)10-6-2-3-7-11(10)14/h9-12H,2-8,14H2,1H3,(H,15,16). The van der Waals surface area contributed by atoms with Crippen molar-refractivity contribution >= 4 is 5.91 Å². The zero-order valence-corrected chi connectivity index (χ0v) is 10.2. The van der Waals surface area contributed by atoms with E-state index >= 15 is 0 Å². The first-order valence-electron chi connectivity index (χ1n) is 6.74. The van der Waals surface area contributed by atoms with Gasteiger partial charge < -0.3 is 11.1 Å². The average Bonchev–Trinajstić information content (AvgIpc) is 2.65. The average molecular weight is 224 g/mol. The molecule has 0 bridgehead atoms. The van der Waals surface area contributed by atoms with Crippen LogP contribution in [0.1, 0.15) is 51.9 Å². The Bertz CT molecular complexity index is 254. The Kier molecular flexibility index (Phi) is 3.85. The van der Waals surface area contributed by atoms with E-state index in [9.17, 15) is 4.79 Å². The third-order valence-corrected chi connectivity index (χ3v) is 4.35. The second kappa shape index (κ2) is 5.17. The van der Waals surface area contributed by atoms with Gasteiger partial charge in [0.05, 0.1) is 5.92 Å². The topological polar surface area (TPSA) is 55.1 Å². The lowest BCUT2D eigenvalue weighted by molar-refractivity contribution is -0.127.